The van der Waals surface area contributed by atoms with Gasteiger partial charge in [-0.2, -0.15) is 0 Å². The van der Waals surface area contributed by atoms with E-state index in [0.717, 1.165) is 0 Å². The molecular weight excluding hydrogens is 427 g/mol. The van der Waals surface area contributed by atoms with Crippen LogP contribution in [0.4, 0.5) is 0 Å². The summed E-state index contributed by atoms with van der Waals surface area (Å²) in [5.41, 5.74) is 7.11. The molecule has 0 atom stereocenters. The average molecular weight is 473 g/mol. The molecule has 0 unspecified atom stereocenters. The van der Waals surface area contributed by atoms with E-state index in [0.29, 0.717) is 0 Å². The molecule has 0 heterocycles. The molecule has 0 saturated heterocycles. The van der Waals surface area contributed by atoms with Crippen molar-refractivity contribution in [2.75, 3.05) is 0 Å². The number of hydrogen-bond acceptors (Lipinski definition) is 0. The van der Waals surface area contributed by atoms with Gasteiger partial charge in [-0.05, 0) is 75.1 Å². The minimum atomic E-state index is 0. The summed E-state index contributed by atoms with van der Waals surface area (Å²) in [4.78, 5) is 0. The van der Waals surface area contributed by atoms with E-state index in [2.05, 4.69) is 104 Å². The fraction of sp³-hybridized carbons (Fsp3) is 0.667. The van der Waals surface area contributed by atoms with E-state index in [9.17, 15) is 0 Å². The molecule has 0 aromatic carbocycles. The van der Waals surface area contributed by atoms with Gasteiger partial charge in [-0.25, -0.2) is 0 Å². The first-order valence-electron chi connectivity index (χ1n) is 10.5. The average Bonchev–Trinajstić information content (AvgIpc) is 2.59. The monoisotopic (exact) mass is 472 g/mol. The molecule has 2 rings (SSSR count). The molecule has 0 spiro atoms. The maximum atomic E-state index is 2.34. The zero-order chi connectivity index (χ0) is 21.7. The van der Waals surface area contributed by atoms with Crippen LogP contribution in [0.25, 0.3) is 0 Å². The largest absolute Gasteiger partial charge is 0.0579 e. The Bertz CT molecular complexity index is 553. The molecule has 0 amide bonds. The van der Waals surface area contributed by atoms with Crippen LogP contribution in [0, 0.1) is 45.8 Å². The van der Waals surface area contributed by atoms with Gasteiger partial charge in [0.1, 0.15) is 0 Å². The van der Waals surface area contributed by atoms with Crippen LogP contribution < -0.4 is 0 Å². The molecule has 1 heteroatoms. The normalized spacial score (nSPS) is 21.5. The van der Waals surface area contributed by atoms with Gasteiger partial charge in [-0.3, -0.25) is 0 Å². The second-order valence-electron chi connectivity index (χ2n) is 11.6. The molecule has 0 aromatic heterocycles. The summed E-state index contributed by atoms with van der Waals surface area (Å²) >= 11 is 0. The van der Waals surface area contributed by atoms with E-state index in [1.165, 1.54) is 35.2 Å². The molecule has 0 N–H and O–H groups in total. The molecule has 0 nitrogen and oxygen atoms in total. The Kier molecular flexibility index (Phi) is 9.11. The zero-order valence-electron chi connectivity index (χ0n) is 21.3. The van der Waals surface area contributed by atoms with Crippen molar-refractivity contribution in [2.45, 2.75) is 104 Å². The molecule has 2 aliphatic carbocycles. The van der Waals surface area contributed by atoms with Crippen LogP contribution >= 0.6 is 0 Å². The van der Waals surface area contributed by atoms with Crippen LogP contribution in [0.5, 0.6) is 0 Å². The van der Waals surface area contributed by atoms with Crippen LogP contribution in [0.1, 0.15) is 104 Å². The van der Waals surface area contributed by atoms with Gasteiger partial charge in [0.25, 0.3) is 0 Å². The first-order valence-corrected chi connectivity index (χ1v) is 10.5. The molecule has 162 valence electrons. The predicted molar refractivity (Wildman–Crippen MR) is 123 cm³/mol. The van der Waals surface area contributed by atoms with Crippen molar-refractivity contribution in [3.05, 3.63) is 51.9 Å². The van der Waals surface area contributed by atoms with Crippen LogP contribution in [0.2, 0.25) is 0 Å². The summed E-state index contributed by atoms with van der Waals surface area (Å²) < 4.78 is 0. The molecular formula is C27H45Rh. The molecule has 1 saturated carbocycles. The second-order valence-corrected chi connectivity index (χ2v) is 11.6. The summed E-state index contributed by atoms with van der Waals surface area (Å²) in [6, 6.07) is 0. The maximum absolute atomic E-state index is 2.34. The van der Waals surface area contributed by atoms with Gasteiger partial charge < -0.3 is 0 Å². The van der Waals surface area contributed by atoms with Crippen LogP contribution in [0.3, 0.4) is 0 Å². The first-order chi connectivity index (χ1) is 11.8. The molecule has 28 heavy (non-hydrogen) atoms. The Balaban J connectivity index is 0.000000567. The van der Waals surface area contributed by atoms with Crippen molar-refractivity contribution < 1.29 is 19.5 Å². The molecule has 1 fully saturated rings. The Hall–Kier alpha value is 0.103. The van der Waals surface area contributed by atoms with Crippen molar-refractivity contribution >= 4 is 0 Å². The van der Waals surface area contributed by atoms with E-state index in [1.54, 1.807) is 16.7 Å². The third-order valence-electron chi connectivity index (χ3n) is 6.31. The van der Waals surface area contributed by atoms with Gasteiger partial charge in [-0.15, -0.1) is 0 Å². The van der Waals surface area contributed by atoms with Gasteiger partial charge in [0.2, 0.25) is 0 Å². The molecule has 6 radical (unpaired) electrons. The first kappa shape index (κ1) is 28.1. The summed E-state index contributed by atoms with van der Waals surface area (Å²) in [6.07, 6.45) is 0. The Morgan fingerprint density at radius 1 is 0.357 bits per heavy atom. The van der Waals surface area contributed by atoms with Crippen molar-refractivity contribution in [1.82, 2.24) is 0 Å². The second kappa shape index (κ2) is 9.08. The van der Waals surface area contributed by atoms with Crippen molar-refractivity contribution in [2.24, 2.45) is 16.2 Å². The predicted octanol–water partition coefficient (Wildman–Crippen LogP) is 8.72. The quantitative estimate of drug-likeness (QED) is 0.309. The Morgan fingerprint density at radius 3 is 0.750 bits per heavy atom. The third kappa shape index (κ3) is 5.62. The van der Waals surface area contributed by atoms with E-state index < -0.39 is 0 Å². The summed E-state index contributed by atoms with van der Waals surface area (Å²) in [6.45, 7) is 34.3. The third-order valence-corrected chi connectivity index (χ3v) is 6.31. The van der Waals surface area contributed by atoms with Crippen LogP contribution in [-0.4, -0.2) is 0 Å². The van der Waals surface area contributed by atoms with Crippen molar-refractivity contribution in [3.63, 3.8) is 0 Å². The fourth-order valence-electron chi connectivity index (χ4n) is 4.59. The SMILES string of the molecule is CC1=C(C(C)(C)C)C(C(C)(C)C)=C1C(C)(C)C.C[C]1[C](C)[C](C)[C](C)[C]1C.[Rh]. The van der Waals surface area contributed by atoms with Crippen molar-refractivity contribution in [3.8, 4) is 0 Å². The van der Waals surface area contributed by atoms with Gasteiger partial charge in [-0.1, -0.05) is 96.9 Å². The fourth-order valence-corrected chi connectivity index (χ4v) is 4.59. The topological polar surface area (TPSA) is 0 Å². The van der Waals surface area contributed by atoms with Crippen molar-refractivity contribution in [1.29, 1.82) is 0 Å². The van der Waals surface area contributed by atoms with E-state index in [4.69, 9.17) is 0 Å². The molecule has 0 aromatic rings. The Morgan fingerprint density at radius 2 is 0.571 bits per heavy atom. The Labute approximate surface area is 191 Å². The minimum absolute atomic E-state index is 0. The molecule has 2 aliphatic rings. The van der Waals surface area contributed by atoms with Crippen LogP contribution in [0.15, 0.2) is 22.3 Å². The number of allylic oxidation sites excluding steroid dienone is 4. The number of hydrogen-bond donors (Lipinski definition) is 0. The van der Waals surface area contributed by atoms with E-state index in [-0.39, 0.29) is 35.7 Å². The smallest absolute Gasteiger partial charge is 0 e. The maximum Gasteiger partial charge on any atom is 0 e. The zero-order valence-corrected chi connectivity index (χ0v) is 23.0. The standard InChI is InChI=1S/C17H30.C10H15.Rh/c1-11-12(15(2,3)4)14(17(8,9)10)13(11)16(5,6)7;1-6-7(2)9(4)10(5)8(6)3;/h1-10H3;1-5H3;. The molecule has 0 aliphatic heterocycles. The summed E-state index contributed by atoms with van der Waals surface area (Å²) in [5.74, 6) is 7.34. The van der Waals surface area contributed by atoms with Gasteiger partial charge in [0.15, 0.2) is 0 Å². The van der Waals surface area contributed by atoms with E-state index in [1.807, 2.05) is 0 Å². The van der Waals surface area contributed by atoms with E-state index >= 15 is 0 Å². The van der Waals surface area contributed by atoms with Gasteiger partial charge in [0.05, 0.1) is 0 Å². The summed E-state index contributed by atoms with van der Waals surface area (Å²) in [7, 11) is 0. The number of rotatable bonds is 0. The molecule has 0 bridgehead atoms. The minimum Gasteiger partial charge on any atom is -0.0579 e. The summed E-state index contributed by atoms with van der Waals surface area (Å²) in [5, 5.41) is 0. The van der Waals surface area contributed by atoms with Gasteiger partial charge in [0, 0.05) is 19.5 Å². The van der Waals surface area contributed by atoms with Crippen LogP contribution in [-0.2, 0) is 19.5 Å². The van der Waals surface area contributed by atoms with Gasteiger partial charge >= 0.3 is 0 Å².